The van der Waals surface area contributed by atoms with Gasteiger partial charge in [0.15, 0.2) is 6.61 Å². The number of hydrogen-bond acceptors (Lipinski definition) is 4. The Hall–Kier alpha value is -2.54. The second-order valence-electron chi connectivity index (χ2n) is 6.83. The molecule has 6 nitrogen and oxygen atoms in total. The monoisotopic (exact) mass is 448 g/mol. The van der Waals surface area contributed by atoms with E-state index in [4.69, 9.17) is 9.47 Å². The SMILES string of the molecule is CC(C)Oc1cccc(C(=O)NNC(=O)COc2ccc(C(C)C)cc2Br)c1. The zero-order valence-corrected chi connectivity index (χ0v) is 18.0. The standard InChI is InChI=1S/C21H25BrN2O4/c1-13(2)15-8-9-19(18(22)11-15)27-12-20(25)23-24-21(26)16-6-5-7-17(10-16)28-14(3)4/h5-11,13-14H,12H2,1-4H3,(H,23,25)(H,24,26). The van der Waals surface area contributed by atoms with Crippen LogP contribution in [0.5, 0.6) is 11.5 Å². The van der Waals surface area contributed by atoms with Crippen molar-refractivity contribution >= 4 is 27.7 Å². The van der Waals surface area contributed by atoms with Crippen LogP contribution in [0, 0.1) is 0 Å². The summed E-state index contributed by atoms with van der Waals surface area (Å²) in [6.45, 7) is 7.78. The Kier molecular flexibility index (Phi) is 7.87. The van der Waals surface area contributed by atoms with Gasteiger partial charge in [0.25, 0.3) is 11.8 Å². The van der Waals surface area contributed by atoms with E-state index in [-0.39, 0.29) is 12.7 Å². The number of benzene rings is 2. The van der Waals surface area contributed by atoms with Gasteiger partial charge in [0.05, 0.1) is 10.6 Å². The molecule has 150 valence electrons. The van der Waals surface area contributed by atoms with Crippen LogP contribution in [-0.4, -0.2) is 24.5 Å². The normalized spacial score (nSPS) is 10.7. The molecule has 0 unspecified atom stereocenters. The van der Waals surface area contributed by atoms with Gasteiger partial charge in [-0.1, -0.05) is 26.0 Å². The van der Waals surface area contributed by atoms with Gasteiger partial charge in [-0.15, -0.1) is 0 Å². The molecule has 0 saturated heterocycles. The second kappa shape index (κ2) is 10.1. The van der Waals surface area contributed by atoms with Crippen molar-refractivity contribution in [2.75, 3.05) is 6.61 Å². The van der Waals surface area contributed by atoms with Crippen LogP contribution in [0.2, 0.25) is 0 Å². The number of carbonyl (C=O) groups excluding carboxylic acids is 2. The number of hydrogen-bond donors (Lipinski definition) is 2. The smallest absolute Gasteiger partial charge is 0.276 e. The molecule has 2 amide bonds. The summed E-state index contributed by atoms with van der Waals surface area (Å²) in [6.07, 6.45) is 0.00379. The number of halogens is 1. The molecule has 0 aromatic heterocycles. The summed E-state index contributed by atoms with van der Waals surface area (Å²) >= 11 is 3.44. The van der Waals surface area contributed by atoms with Crippen molar-refractivity contribution in [3.05, 3.63) is 58.1 Å². The number of ether oxygens (including phenoxy) is 2. The molecule has 28 heavy (non-hydrogen) atoms. The third-order valence-corrected chi connectivity index (χ3v) is 4.38. The average molecular weight is 449 g/mol. The molecule has 2 rings (SSSR count). The summed E-state index contributed by atoms with van der Waals surface area (Å²) in [7, 11) is 0. The van der Waals surface area contributed by atoms with Crippen LogP contribution in [0.4, 0.5) is 0 Å². The predicted molar refractivity (Wildman–Crippen MR) is 112 cm³/mol. The van der Waals surface area contributed by atoms with Crippen molar-refractivity contribution in [1.29, 1.82) is 0 Å². The van der Waals surface area contributed by atoms with Crippen molar-refractivity contribution in [2.45, 2.75) is 39.7 Å². The van der Waals surface area contributed by atoms with Gasteiger partial charge >= 0.3 is 0 Å². The summed E-state index contributed by atoms with van der Waals surface area (Å²) in [6, 6.07) is 12.5. The minimum absolute atomic E-state index is 0.00379. The molecule has 2 aromatic rings. The van der Waals surface area contributed by atoms with E-state index in [9.17, 15) is 9.59 Å². The summed E-state index contributed by atoms with van der Waals surface area (Å²) in [5.41, 5.74) is 6.26. The van der Waals surface area contributed by atoms with Crippen LogP contribution >= 0.6 is 15.9 Å². The zero-order valence-electron chi connectivity index (χ0n) is 16.4. The van der Waals surface area contributed by atoms with Crippen molar-refractivity contribution in [2.24, 2.45) is 0 Å². The summed E-state index contributed by atoms with van der Waals surface area (Å²) < 4.78 is 11.8. The van der Waals surface area contributed by atoms with Gasteiger partial charge in [-0.25, -0.2) is 0 Å². The van der Waals surface area contributed by atoms with Gasteiger partial charge in [0.2, 0.25) is 0 Å². The first-order valence-electron chi connectivity index (χ1n) is 9.04. The Morgan fingerprint density at radius 3 is 2.43 bits per heavy atom. The lowest BCUT2D eigenvalue weighted by Gasteiger charge is -2.13. The topological polar surface area (TPSA) is 76.7 Å². The molecule has 0 bridgehead atoms. The Morgan fingerprint density at radius 1 is 1.04 bits per heavy atom. The van der Waals surface area contributed by atoms with Gasteiger partial charge in [-0.3, -0.25) is 20.4 Å². The molecule has 0 heterocycles. The fourth-order valence-electron chi connectivity index (χ4n) is 2.35. The first-order valence-corrected chi connectivity index (χ1v) is 9.83. The molecule has 0 atom stereocenters. The molecule has 7 heteroatoms. The lowest BCUT2D eigenvalue weighted by molar-refractivity contribution is -0.123. The van der Waals surface area contributed by atoms with E-state index < -0.39 is 11.8 Å². The molecule has 0 aliphatic rings. The number of amides is 2. The lowest BCUT2D eigenvalue weighted by Crippen LogP contribution is -2.43. The summed E-state index contributed by atoms with van der Waals surface area (Å²) in [5, 5.41) is 0. The Labute approximate surface area is 173 Å². The highest BCUT2D eigenvalue weighted by atomic mass is 79.9. The Balaban J connectivity index is 1.85. The van der Waals surface area contributed by atoms with Gasteiger partial charge < -0.3 is 9.47 Å². The van der Waals surface area contributed by atoms with Gasteiger partial charge in [0.1, 0.15) is 11.5 Å². The number of nitrogens with one attached hydrogen (secondary N) is 2. The highest BCUT2D eigenvalue weighted by molar-refractivity contribution is 9.10. The lowest BCUT2D eigenvalue weighted by atomic mass is 10.0. The quantitative estimate of drug-likeness (QED) is 0.622. The van der Waals surface area contributed by atoms with Gasteiger partial charge in [0, 0.05) is 5.56 Å². The Bertz CT molecular complexity index is 837. The molecule has 0 saturated carbocycles. The van der Waals surface area contributed by atoms with Crippen LogP contribution in [0.3, 0.4) is 0 Å². The van der Waals surface area contributed by atoms with E-state index in [1.54, 1.807) is 24.3 Å². The second-order valence-corrected chi connectivity index (χ2v) is 7.68. The van der Waals surface area contributed by atoms with E-state index in [0.29, 0.717) is 23.0 Å². The van der Waals surface area contributed by atoms with Crippen LogP contribution in [0.15, 0.2) is 46.9 Å². The molecule has 2 N–H and O–H groups in total. The highest BCUT2D eigenvalue weighted by Gasteiger charge is 2.11. The predicted octanol–water partition coefficient (Wildman–Crippen LogP) is 4.20. The fraction of sp³-hybridized carbons (Fsp3) is 0.333. The van der Waals surface area contributed by atoms with Crippen LogP contribution in [-0.2, 0) is 4.79 Å². The van der Waals surface area contributed by atoms with E-state index in [1.807, 2.05) is 32.0 Å². The largest absolute Gasteiger partial charge is 0.491 e. The van der Waals surface area contributed by atoms with Crippen molar-refractivity contribution in [1.82, 2.24) is 10.9 Å². The Morgan fingerprint density at radius 2 is 1.79 bits per heavy atom. The van der Waals surface area contributed by atoms with E-state index in [0.717, 1.165) is 4.47 Å². The average Bonchev–Trinajstić information content (AvgIpc) is 2.64. The van der Waals surface area contributed by atoms with Gasteiger partial charge in [-0.05, 0) is 71.6 Å². The molecule has 0 aliphatic heterocycles. The van der Waals surface area contributed by atoms with Crippen molar-refractivity contribution < 1.29 is 19.1 Å². The zero-order chi connectivity index (χ0) is 20.7. The molecule has 0 spiro atoms. The summed E-state index contributed by atoms with van der Waals surface area (Å²) in [4.78, 5) is 24.1. The van der Waals surface area contributed by atoms with Crippen molar-refractivity contribution in [3.8, 4) is 11.5 Å². The molecular formula is C21H25BrN2O4. The van der Waals surface area contributed by atoms with Crippen LogP contribution in [0.1, 0.15) is 49.5 Å². The highest BCUT2D eigenvalue weighted by Crippen LogP contribution is 2.28. The maximum Gasteiger partial charge on any atom is 0.276 e. The number of carbonyl (C=O) groups is 2. The minimum atomic E-state index is -0.470. The maximum atomic E-state index is 12.2. The minimum Gasteiger partial charge on any atom is -0.491 e. The molecule has 0 fully saturated rings. The van der Waals surface area contributed by atoms with E-state index in [2.05, 4.69) is 40.6 Å². The number of hydrazine groups is 1. The first kappa shape index (κ1) is 21.8. The summed E-state index contributed by atoms with van der Waals surface area (Å²) in [5.74, 6) is 0.637. The number of rotatable bonds is 7. The van der Waals surface area contributed by atoms with Gasteiger partial charge in [-0.2, -0.15) is 0 Å². The molecule has 0 aliphatic carbocycles. The van der Waals surface area contributed by atoms with E-state index in [1.165, 1.54) is 5.56 Å². The molecule has 2 aromatic carbocycles. The van der Waals surface area contributed by atoms with Crippen LogP contribution in [0.25, 0.3) is 0 Å². The maximum absolute atomic E-state index is 12.2. The molecule has 0 radical (unpaired) electrons. The third-order valence-electron chi connectivity index (χ3n) is 3.76. The third kappa shape index (κ3) is 6.56. The first-order chi connectivity index (χ1) is 13.3. The van der Waals surface area contributed by atoms with E-state index >= 15 is 0 Å². The fourth-order valence-corrected chi connectivity index (χ4v) is 2.87. The van der Waals surface area contributed by atoms with Crippen LogP contribution < -0.4 is 20.3 Å². The molecular weight excluding hydrogens is 424 g/mol. The van der Waals surface area contributed by atoms with Crippen molar-refractivity contribution in [3.63, 3.8) is 0 Å².